The Hall–Kier alpha value is -2.00. The van der Waals surface area contributed by atoms with Gasteiger partial charge in [0.25, 0.3) is 0 Å². The van der Waals surface area contributed by atoms with Crippen molar-refractivity contribution in [3.05, 3.63) is 11.6 Å². The molecule has 0 amide bonds. The van der Waals surface area contributed by atoms with Crippen LogP contribution in [0.25, 0.3) is 0 Å². The normalized spacial score (nSPS) is 46.7. The van der Waals surface area contributed by atoms with Crippen LogP contribution in [0.5, 0.6) is 0 Å². The van der Waals surface area contributed by atoms with Crippen molar-refractivity contribution in [2.45, 2.75) is 152 Å². The van der Waals surface area contributed by atoms with E-state index in [1.807, 2.05) is 19.2 Å². The molecule has 6 fully saturated rings. The average Bonchev–Trinajstić information content (AvgIpc) is 3.22. The van der Waals surface area contributed by atoms with Crippen LogP contribution in [0.2, 0.25) is 0 Å². The molecule has 5 aliphatic heterocycles. The number of hydrogen-bond acceptors (Lipinski definition) is 12. The van der Waals surface area contributed by atoms with E-state index < -0.39 is 77.3 Å². The van der Waals surface area contributed by atoms with Gasteiger partial charge in [-0.1, -0.05) is 18.4 Å². The number of ether oxygens (including phenoxy) is 3. The summed E-state index contributed by atoms with van der Waals surface area (Å²) in [5, 5.41) is 54.0. The maximum atomic E-state index is 14.4. The van der Waals surface area contributed by atoms with E-state index in [1.54, 1.807) is 6.08 Å². The molecule has 5 heterocycles. The van der Waals surface area contributed by atoms with Crippen molar-refractivity contribution in [1.82, 2.24) is 5.32 Å². The molecule has 18 atom stereocenters. The molecule has 332 valence electrons. The minimum absolute atomic E-state index is 0.0266. The Morgan fingerprint density at radius 3 is 2.61 bits per heavy atom. The third kappa shape index (κ3) is 8.96. The van der Waals surface area contributed by atoms with Crippen LogP contribution in [0.15, 0.2) is 11.6 Å². The third-order valence-corrected chi connectivity index (χ3v) is 16.1. The second-order valence-electron chi connectivity index (χ2n) is 19.5. The number of ketones is 1. The Kier molecular flexibility index (Phi) is 14.6. The van der Waals surface area contributed by atoms with Crippen molar-refractivity contribution in [3.8, 4) is 11.8 Å². The number of quaternary nitrogens is 2. The maximum Gasteiger partial charge on any atom is 0.339 e. The Morgan fingerprint density at radius 1 is 1.12 bits per heavy atom. The summed E-state index contributed by atoms with van der Waals surface area (Å²) in [6.45, 7) is 8.13. The number of esters is 1. The van der Waals surface area contributed by atoms with Crippen LogP contribution < -0.4 is 27.4 Å². The molecule has 13 N–H and O–H groups in total. The molecule has 14 nitrogen and oxygen atoms in total. The van der Waals surface area contributed by atoms with Gasteiger partial charge in [0.05, 0.1) is 79.9 Å². The van der Waals surface area contributed by atoms with Gasteiger partial charge in [0, 0.05) is 42.9 Å². The van der Waals surface area contributed by atoms with Crippen LogP contribution in [0, 0.1) is 64.6 Å². The fourth-order valence-electron chi connectivity index (χ4n) is 13.0. The number of aliphatic hydroxyl groups excluding tert-OH is 4. The zero-order valence-electron chi connectivity index (χ0n) is 35.7. The number of hydrogen-bond donors (Lipinski definition) is 9. The van der Waals surface area contributed by atoms with Crippen molar-refractivity contribution in [2.24, 2.45) is 64.2 Å². The fourth-order valence-corrected chi connectivity index (χ4v) is 13.0. The van der Waals surface area contributed by atoms with Crippen LogP contribution in [0.3, 0.4) is 0 Å². The number of allylic oxidation sites excluding steroid dienone is 1. The van der Waals surface area contributed by atoms with E-state index in [1.165, 1.54) is 0 Å². The first-order valence-corrected chi connectivity index (χ1v) is 23.1. The lowest BCUT2D eigenvalue weighted by Crippen LogP contribution is -2.95. The van der Waals surface area contributed by atoms with Gasteiger partial charge in [-0.3, -0.25) is 10.5 Å². The van der Waals surface area contributed by atoms with Crippen LogP contribution in [-0.4, -0.2) is 126 Å². The number of nitrogens with one attached hydrogen (secondary N) is 1. The predicted molar refractivity (Wildman–Crippen MR) is 218 cm³/mol. The van der Waals surface area contributed by atoms with E-state index in [2.05, 4.69) is 29.4 Å². The molecule has 0 aromatic heterocycles. The van der Waals surface area contributed by atoms with Gasteiger partial charge in [0.2, 0.25) is 0 Å². The number of aliphatic hydroxyl groups is 4. The Bertz CT molecular complexity index is 1560. The second kappa shape index (κ2) is 19.2. The van der Waals surface area contributed by atoms with Crippen molar-refractivity contribution >= 4 is 11.8 Å². The highest BCUT2D eigenvalue weighted by Crippen LogP contribution is 2.60. The molecular weight excluding hydrogens is 755 g/mol. The highest BCUT2D eigenvalue weighted by molar-refractivity contribution is 5.88. The number of piperidine rings is 2. The van der Waals surface area contributed by atoms with Crippen LogP contribution in [0.4, 0.5) is 0 Å². The SMILES string of the molecule is CC=C(C[NH2+]CC)C(=O)O[C@H]1CC2C(O)C3C(=O)CC(CO)OC3C3C2O[C@@]1(C)[C@@H](CC1CCC(N)[NH2+]C1)CC#C[C@](CO)(C1CCCC(O)C1)[C@@H]3C1CCNC(N)C1. The summed E-state index contributed by atoms with van der Waals surface area (Å²) < 4.78 is 21.2. The van der Waals surface area contributed by atoms with Crippen molar-refractivity contribution in [2.75, 3.05) is 39.4 Å². The summed E-state index contributed by atoms with van der Waals surface area (Å²) in [4.78, 5) is 28.5. The number of fused-ring (bicyclic) bond motifs is 3. The van der Waals surface area contributed by atoms with E-state index in [4.69, 9.17) is 25.7 Å². The summed E-state index contributed by atoms with van der Waals surface area (Å²) in [7, 11) is 0. The Balaban J connectivity index is 1.43. The minimum Gasteiger partial charge on any atom is -0.456 e. The molecule has 0 spiro atoms. The van der Waals surface area contributed by atoms with Crippen molar-refractivity contribution in [3.63, 3.8) is 0 Å². The maximum absolute atomic E-state index is 14.4. The van der Waals surface area contributed by atoms with E-state index in [0.29, 0.717) is 50.3 Å². The van der Waals surface area contributed by atoms with E-state index in [9.17, 15) is 30.0 Å². The zero-order chi connectivity index (χ0) is 42.1. The van der Waals surface area contributed by atoms with Gasteiger partial charge >= 0.3 is 5.97 Å². The standard InChI is InChI=1S/C45H73N5O9/c1-4-26(22-48-5-2)43(56)58-34-20-32-40(55)37-33(54)19-31(23-51)57-42(37)38-39(27-13-15-49-36(47)17-27)45(24-52,29-8-6-10-30(53)18-29)14-7-9-28(44(34,3)59-41(32)38)16-25-11-12-35(46)50-21-25/h4,25,27-32,34-42,48-53,55H,5-6,8-13,15-24,46-47H2,1-3H3/p+2/t25?,27?,28-,29?,30?,31?,32?,34+,35?,36?,37?,38?,39-,40?,41?,42?,44+,45+/m1/s1. The second-order valence-corrected chi connectivity index (χ2v) is 19.5. The lowest BCUT2D eigenvalue weighted by atomic mass is 9.48. The molecule has 2 aliphatic carbocycles. The smallest absolute Gasteiger partial charge is 0.339 e. The first kappa shape index (κ1) is 45.0. The topological polar surface area (TPSA) is 240 Å². The van der Waals surface area contributed by atoms with Crippen LogP contribution in [0.1, 0.15) is 97.8 Å². The van der Waals surface area contributed by atoms with Gasteiger partial charge in [-0.05, 0) is 96.4 Å². The summed E-state index contributed by atoms with van der Waals surface area (Å²) in [5.74, 6) is 4.29. The van der Waals surface area contributed by atoms with Crippen LogP contribution in [-0.2, 0) is 23.8 Å². The van der Waals surface area contributed by atoms with Gasteiger partial charge in [0.15, 0.2) is 0 Å². The molecule has 2 bridgehead atoms. The summed E-state index contributed by atoms with van der Waals surface area (Å²) in [6.07, 6.45) is 4.19. The lowest BCUT2D eigenvalue weighted by molar-refractivity contribution is -0.703. The molecule has 0 aromatic carbocycles. The fraction of sp³-hybridized carbons (Fsp3) is 0.867. The lowest BCUT2D eigenvalue weighted by Gasteiger charge is -2.63. The number of rotatable bonds is 11. The molecule has 14 heteroatoms. The molecule has 0 radical (unpaired) electrons. The van der Waals surface area contributed by atoms with E-state index in [0.717, 1.165) is 51.6 Å². The van der Waals surface area contributed by atoms with Crippen LogP contribution >= 0.6 is 0 Å². The van der Waals surface area contributed by atoms with Gasteiger partial charge in [0.1, 0.15) is 30.2 Å². The first-order chi connectivity index (χ1) is 28.4. The predicted octanol–water partition coefficient (Wildman–Crippen LogP) is -0.981. The monoisotopic (exact) mass is 830 g/mol. The van der Waals surface area contributed by atoms with E-state index >= 15 is 0 Å². The summed E-state index contributed by atoms with van der Waals surface area (Å²) >= 11 is 0. The average molecular weight is 830 g/mol. The van der Waals surface area contributed by atoms with Gasteiger partial charge in [-0.25, -0.2) is 4.79 Å². The van der Waals surface area contributed by atoms with Crippen molar-refractivity contribution < 1.29 is 54.9 Å². The third-order valence-electron chi connectivity index (χ3n) is 16.1. The molecule has 59 heavy (non-hydrogen) atoms. The molecule has 0 aromatic rings. The van der Waals surface area contributed by atoms with Crippen molar-refractivity contribution in [1.29, 1.82) is 0 Å². The molecule has 4 saturated heterocycles. The molecule has 13 unspecified atom stereocenters. The quantitative estimate of drug-likeness (QED) is 0.0694. The number of carbonyl (C=O) groups is 2. The van der Waals surface area contributed by atoms with Gasteiger partial charge < -0.3 is 56.3 Å². The first-order valence-electron chi connectivity index (χ1n) is 23.1. The van der Waals surface area contributed by atoms with E-state index in [-0.39, 0.29) is 61.9 Å². The summed E-state index contributed by atoms with van der Waals surface area (Å²) in [6, 6.07) is 0. The number of Topliss-reactive ketones (excluding diaryl/α,β-unsaturated/α-hetero) is 1. The number of carbonyl (C=O) groups excluding carboxylic acids is 2. The largest absolute Gasteiger partial charge is 0.456 e. The molecule has 2 saturated carbocycles. The van der Waals surface area contributed by atoms with Gasteiger partial charge in [-0.2, -0.15) is 0 Å². The molecule has 7 rings (SSSR count). The number of likely N-dealkylation sites (N-methyl/N-ethyl adjacent to an activating group) is 1. The number of nitrogens with two attached hydrogens (primary N) is 4. The summed E-state index contributed by atoms with van der Waals surface area (Å²) in [5.41, 5.74) is 11.5. The highest BCUT2D eigenvalue weighted by Gasteiger charge is 2.67. The zero-order valence-corrected chi connectivity index (χ0v) is 35.7. The molecule has 7 aliphatic rings. The minimum atomic E-state index is -1.16. The Morgan fingerprint density at radius 2 is 1.93 bits per heavy atom. The molecular formula is C45H75N5O9+2. The Labute approximate surface area is 350 Å². The van der Waals surface area contributed by atoms with Gasteiger partial charge in [-0.15, -0.1) is 5.92 Å². The highest BCUT2D eigenvalue weighted by atomic mass is 16.6.